The van der Waals surface area contributed by atoms with Crippen molar-refractivity contribution in [2.75, 3.05) is 26.9 Å². The maximum absolute atomic E-state index is 5.82. The summed E-state index contributed by atoms with van der Waals surface area (Å²) in [4.78, 5) is 5.96. The second-order valence-corrected chi connectivity index (χ2v) is 7.71. The van der Waals surface area contributed by atoms with Crippen LogP contribution in [-0.4, -0.2) is 53.2 Å². The van der Waals surface area contributed by atoms with Crippen molar-refractivity contribution >= 4 is 17.3 Å². The van der Waals surface area contributed by atoms with Gasteiger partial charge in [0.1, 0.15) is 12.4 Å². The zero-order valence-electron chi connectivity index (χ0n) is 16.2. The highest BCUT2D eigenvalue weighted by Crippen LogP contribution is 2.23. The van der Waals surface area contributed by atoms with Crippen molar-refractivity contribution in [2.24, 2.45) is 12.0 Å². The van der Waals surface area contributed by atoms with Crippen LogP contribution in [0.3, 0.4) is 0 Å². The zero-order chi connectivity index (χ0) is 19.1. The van der Waals surface area contributed by atoms with E-state index in [1.54, 1.807) is 18.4 Å². The minimum absolute atomic E-state index is 0.217. The lowest BCUT2D eigenvalue weighted by Crippen LogP contribution is -2.50. The first kappa shape index (κ1) is 19.8. The van der Waals surface area contributed by atoms with Crippen LogP contribution in [0.5, 0.6) is 0 Å². The number of aromatic nitrogens is 3. The molecule has 0 aliphatic carbocycles. The van der Waals surface area contributed by atoms with Gasteiger partial charge in [-0.15, -0.1) is 21.5 Å². The van der Waals surface area contributed by atoms with E-state index in [4.69, 9.17) is 14.5 Å². The van der Waals surface area contributed by atoms with E-state index in [9.17, 15) is 0 Å². The molecule has 1 saturated heterocycles. The van der Waals surface area contributed by atoms with Gasteiger partial charge in [-0.3, -0.25) is 0 Å². The van der Waals surface area contributed by atoms with Gasteiger partial charge in [-0.1, -0.05) is 6.07 Å². The first-order valence-electron chi connectivity index (χ1n) is 9.14. The average molecular weight is 393 g/mol. The van der Waals surface area contributed by atoms with Crippen molar-refractivity contribution in [2.45, 2.75) is 38.5 Å². The maximum Gasteiger partial charge on any atom is 0.192 e. The molecule has 0 unspecified atom stereocenters. The summed E-state index contributed by atoms with van der Waals surface area (Å²) in [5.74, 6) is 2.45. The number of aliphatic imine (C=N–C) groups is 1. The molecule has 27 heavy (non-hydrogen) atoms. The van der Waals surface area contributed by atoms with Gasteiger partial charge in [0.05, 0.1) is 12.1 Å². The fraction of sp³-hybridized carbons (Fsp3) is 0.611. The molecule has 1 aliphatic rings. The lowest BCUT2D eigenvalue weighted by Gasteiger charge is -2.36. The van der Waals surface area contributed by atoms with Gasteiger partial charge in [0.25, 0.3) is 0 Å². The monoisotopic (exact) mass is 392 g/mol. The van der Waals surface area contributed by atoms with E-state index in [2.05, 4.69) is 38.3 Å². The third kappa shape index (κ3) is 5.27. The van der Waals surface area contributed by atoms with Crippen molar-refractivity contribution in [1.29, 1.82) is 0 Å². The Morgan fingerprint density at radius 1 is 1.37 bits per heavy atom. The van der Waals surface area contributed by atoms with E-state index in [0.29, 0.717) is 13.1 Å². The van der Waals surface area contributed by atoms with Crippen LogP contribution in [0, 0.1) is 6.92 Å². The maximum atomic E-state index is 5.82. The Morgan fingerprint density at radius 3 is 2.81 bits per heavy atom. The summed E-state index contributed by atoms with van der Waals surface area (Å²) in [6, 6.07) is 4.16. The van der Waals surface area contributed by atoms with Crippen LogP contribution < -0.4 is 10.6 Å². The fourth-order valence-electron chi connectivity index (χ4n) is 2.94. The zero-order valence-corrected chi connectivity index (χ0v) is 17.0. The summed E-state index contributed by atoms with van der Waals surface area (Å²) in [6.07, 6.45) is 1.74. The third-order valence-corrected chi connectivity index (χ3v) is 5.86. The van der Waals surface area contributed by atoms with Crippen LogP contribution in [0.1, 0.15) is 29.4 Å². The molecule has 1 aliphatic heterocycles. The van der Waals surface area contributed by atoms with E-state index in [-0.39, 0.29) is 5.60 Å². The minimum atomic E-state index is -0.217. The molecule has 3 heterocycles. The summed E-state index contributed by atoms with van der Waals surface area (Å²) < 4.78 is 13.2. The Hall–Kier alpha value is -1.97. The highest BCUT2D eigenvalue weighted by molar-refractivity contribution is 7.09. The Morgan fingerprint density at radius 2 is 2.19 bits per heavy atom. The first-order chi connectivity index (χ1) is 13.1. The molecule has 3 rings (SSSR count). The topological polar surface area (TPSA) is 85.6 Å². The molecule has 2 aromatic heterocycles. The second-order valence-electron chi connectivity index (χ2n) is 6.67. The standard InChI is InChI=1S/C18H28N6O2S/c1-14-22-23-16(24(14)2)12-20-17(19-11-15-5-4-10-27-15)21-13-18(25-3)6-8-26-9-7-18/h4-5,10H,6-9,11-13H2,1-3H3,(H2,19,20,21). The number of nitrogens with zero attached hydrogens (tertiary/aromatic N) is 4. The van der Waals surface area contributed by atoms with Crippen molar-refractivity contribution in [3.8, 4) is 0 Å². The van der Waals surface area contributed by atoms with E-state index in [1.807, 2.05) is 18.5 Å². The number of nitrogens with one attached hydrogen (secondary N) is 2. The first-order valence-corrected chi connectivity index (χ1v) is 10.0. The quantitative estimate of drug-likeness (QED) is 0.550. The van der Waals surface area contributed by atoms with Crippen LogP contribution in [0.15, 0.2) is 22.5 Å². The van der Waals surface area contributed by atoms with Crippen molar-refractivity contribution in [1.82, 2.24) is 25.4 Å². The highest BCUT2D eigenvalue weighted by atomic mass is 32.1. The second kappa shape index (κ2) is 9.29. The van der Waals surface area contributed by atoms with Gasteiger partial charge >= 0.3 is 0 Å². The van der Waals surface area contributed by atoms with Crippen molar-refractivity contribution in [3.05, 3.63) is 34.0 Å². The number of hydrogen-bond donors (Lipinski definition) is 2. The van der Waals surface area contributed by atoms with Gasteiger partial charge < -0.3 is 24.7 Å². The van der Waals surface area contributed by atoms with E-state index in [0.717, 1.165) is 50.2 Å². The lowest BCUT2D eigenvalue weighted by atomic mass is 9.94. The number of thiophene rings is 1. The van der Waals surface area contributed by atoms with Gasteiger partial charge in [-0.25, -0.2) is 4.99 Å². The molecular weight excluding hydrogens is 364 g/mol. The summed E-state index contributed by atoms with van der Waals surface area (Å²) >= 11 is 1.72. The van der Waals surface area contributed by atoms with E-state index in [1.165, 1.54) is 4.88 Å². The van der Waals surface area contributed by atoms with E-state index >= 15 is 0 Å². The number of methoxy groups -OCH3 is 1. The molecule has 2 aromatic rings. The van der Waals surface area contributed by atoms with Gasteiger partial charge in [0, 0.05) is 51.6 Å². The summed E-state index contributed by atoms with van der Waals surface area (Å²) in [5.41, 5.74) is -0.217. The number of guanidine groups is 1. The molecule has 0 amide bonds. The highest BCUT2D eigenvalue weighted by Gasteiger charge is 2.32. The summed E-state index contributed by atoms with van der Waals surface area (Å²) in [5, 5.41) is 17.2. The van der Waals surface area contributed by atoms with Crippen LogP contribution in [-0.2, 0) is 29.6 Å². The predicted octanol–water partition coefficient (Wildman–Crippen LogP) is 1.62. The Labute approximate surface area is 164 Å². The molecule has 148 valence electrons. The van der Waals surface area contributed by atoms with Gasteiger partial charge in [0.2, 0.25) is 0 Å². The van der Waals surface area contributed by atoms with Crippen LogP contribution in [0.25, 0.3) is 0 Å². The number of aryl methyl sites for hydroxylation is 1. The molecule has 9 heteroatoms. The van der Waals surface area contributed by atoms with Crippen LogP contribution in [0.4, 0.5) is 0 Å². The molecule has 0 aromatic carbocycles. The van der Waals surface area contributed by atoms with Crippen molar-refractivity contribution < 1.29 is 9.47 Å². The summed E-state index contributed by atoms with van der Waals surface area (Å²) in [6.45, 7) is 5.25. The third-order valence-electron chi connectivity index (χ3n) is 4.99. The minimum Gasteiger partial charge on any atom is -0.381 e. The van der Waals surface area contributed by atoms with Crippen molar-refractivity contribution in [3.63, 3.8) is 0 Å². The average Bonchev–Trinajstić information content (AvgIpc) is 3.33. The molecule has 0 bridgehead atoms. The van der Waals surface area contributed by atoms with Gasteiger partial charge in [-0.2, -0.15) is 0 Å². The van der Waals surface area contributed by atoms with Gasteiger partial charge in [0.15, 0.2) is 11.8 Å². The van der Waals surface area contributed by atoms with Gasteiger partial charge in [-0.05, 0) is 18.4 Å². The molecule has 0 radical (unpaired) electrons. The van der Waals surface area contributed by atoms with Crippen LogP contribution in [0.2, 0.25) is 0 Å². The molecule has 0 atom stereocenters. The number of hydrogen-bond acceptors (Lipinski definition) is 6. The molecular formula is C18H28N6O2S. The smallest absolute Gasteiger partial charge is 0.192 e. The Balaban J connectivity index is 1.66. The molecule has 0 saturated carbocycles. The van der Waals surface area contributed by atoms with Crippen LogP contribution >= 0.6 is 11.3 Å². The number of rotatable bonds is 7. The predicted molar refractivity (Wildman–Crippen MR) is 106 cm³/mol. The molecule has 8 nitrogen and oxygen atoms in total. The molecule has 0 spiro atoms. The lowest BCUT2D eigenvalue weighted by molar-refractivity contribution is -0.0855. The normalized spacial score (nSPS) is 17.1. The molecule has 2 N–H and O–H groups in total. The number of ether oxygens (including phenoxy) is 2. The molecule has 1 fully saturated rings. The Kier molecular flexibility index (Phi) is 6.81. The van der Waals surface area contributed by atoms with E-state index < -0.39 is 0 Å². The fourth-order valence-corrected chi connectivity index (χ4v) is 3.58. The largest absolute Gasteiger partial charge is 0.381 e. The Bertz CT molecular complexity index is 737. The SMILES string of the molecule is COC1(CNC(=NCc2nnc(C)n2C)NCc2cccs2)CCOCC1. The summed E-state index contributed by atoms with van der Waals surface area (Å²) in [7, 11) is 3.72.